The molecule has 0 radical (unpaired) electrons. The lowest BCUT2D eigenvalue weighted by atomic mass is 10.00. The van der Waals surface area contributed by atoms with Gasteiger partial charge in [0.15, 0.2) is 0 Å². The molecule has 164 valence electrons. The lowest BCUT2D eigenvalue weighted by Gasteiger charge is -2.31. The summed E-state index contributed by atoms with van der Waals surface area (Å²) in [5.41, 5.74) is 7.48. The summed E-state index contributed by atoms with van der Waals surface area (Å²) < 4.78 is 11.1. The molecule has 2 aliphatic heterocycles. The Balaban J connectivity index is 1.30. The van der Waals surface area contributed by atoms with E-state index < -0.39 is 0 Å². The largest absolute Gasteiger partial charge is 0.497 e. The van der Waals surface area contributed by atoms with Crippen LogP contribution >= 0.6 is 0 Å². The van der Waals surface area contributed by atoms with Crippen LogP contribution in [0.15, 0.2) is 65.3 Å². The van der Waals surface area contributed by atoms with Gasteiger partial charge in [0, 0.05) is 18.0 Å². The molecule has 0 spiro atoms. The first-order chi connectivity index (χ1) is 15.5. The average molecular weight is 431 g/mol. The summed E-state index contributed by atoms with van der Waals surface area (Å²) in [4.78, 5) is 19.6. The van der Waals surface area contributed by atoms with Gasteiger partial charge in [0.25, 0.3) is 5.91 Å². The van der Waals surface area contributed by atoms with Crippen LogP contribution in [0.1, 0.15) is 35.0 Å². The number of ether oxygens (including phenoxy) is 1. The smallest absolute Gasteiger partial charge is 0.251 e. The van der Waals surface area contributed by atoms with Crippen LogP contribution in [-0.4, -0.2) is 34.0 Å². The van der Waals surface area contributed by atoms with Crippen molar-refractivity contribution in [2.24, 2.45) is 0 Å². The minimum atomic E-state index is -0.237. The summed E-state index contributed by atoms with van der Waals surface area (Å²) in [6.45, 7) is 4.33. The van der Waals surface area contributed by atoms with Gasteiger partial charge in [-0.1, -0.05) is 29.8 Å². The van der Waals surface area contributed by atoms with E-state index in [-0.39, 0.29) is 18.0 Å². The number of carbonyl (C=O) groups excluding carboxylic acids is 1. The van der Waals surface area contributed by atoms with Gasteiger partial charge in [-0.3, -0.25) is 4.79 Å². The van der Waals surface area contributed by atoms with Gasteiger partial charge in [-0.05, 0) is 50.1 Å². The van der Waals surface area contributed by atoms with E-state index in [9.17, 15) is 4.79 Å². The molecule has 2 unspecified atom stereocenters. The monoisotopic (exact) mass is 430 g/mol. The maximum atomic E-state index is 13.2. The van der Waals surface area contributed by atoms with Crippen LogP contribution in [0.25, 0.3) is 11.5 Å². The number of nitrogens with one attached hydrogen (secondary N) is 1. The van der Waals surface area contributed by atoms with Gasteiger partial charge in [0.05, 0.1) is 19.7 Å². The van der Waals surface area contributed by atoms with Crippen molar-refractivity contribution in [3.8, 4) is 17.2 Å². The van der Waals surface area contributed by atoms with Gasteiger partial charge in [0.1, 0.15) is 23.2 Å². The molecule has 7 nitrogen and oxygen atoms in total. The SMILES string of the molecule is COc1ccc(-c2nc(CN3C=CN4NC(c5ccc(C)cc5)CC4C3=O)c(C)o2)cc1. The quantitative estimate of drug-likeness (QED) is 0.657. The Morgan fingerprint density at radius 2 is 1.84 bits per heavy atom. The molecule has 2 aromatic carbocycles. The topological polar surface area (TPSA) is 70.8 Å². The first-order valence-electron chi connectivity index (χ1n) is 10.7. The van der Waals surface area contributed by atoms with Crippen molar-refractivity contribution in [1.82, 2.24) is 20.3 Å². The molecule has 5 rings (SSSR count). The van der Waals surface area contributed by atoms with Crippen LogP contribution in [0, 0.1) is 13.8 Å². The average Bonchev–Trinajstić information content (AvgIpc) is 3.40. The molecule has 1 amide bonds. The van der Waals surface area contributed by atoms with Crippen LogP contribution < -0.4 is 10.2 Å². The third-order valence-electron chi connectivity index (χ3n) is 6.10. The van der Waals surface area contributed by atoms with Crippen LogP contribution in [0.4, 0.5) is 0 Å². The predicted octanol–water partition coefficient (Wildman–Crippen LogP) is 4.10. The second-order valence-corrected chi connectivity index (χ2v) is 8.27. The first kappa shape index (κ1) is 20.3. The summed E-state index contributed by atoms with van der Waals surface area (Å²) in [5.74, 6) is 2.08. The number of aryl methyl sites for hydroxylation is 2. The number of rotatable bonds is 5. The van der Waals surface area contributed by atoms with Crippen molar-refractivity contribution in [2.45, 2.75) is 38.9 Å². The van der Waals surface area contributed by atoms with Crippen molar-refractivity contribution in [3.05, 3.63) is 83.5 Å². The van der Waals surface area contributed by atoms with Crippen LogP contribution in [-0.2, 0) is 11.3 Å². The highest BCUT2D eigenvalue weighted by Gasteiger charge is 2.40. The molecule has 1 aromatic heterocycles. The highest BCUT2D eigenvalue weighted by Crippen LogP contribution is 2.32. The lowest BCUT2D eigenvalue weighted by Crippen LogP contribution is -2.47. The number of nitrogens with zero attached hydrogens (tertiary/aromatic N) is 3. The number of fused-ring (bicyclic) bond motifs is 1. The van der Waals surface area contributed by atoms with Gasteiger partial charge in [0.2, 0.25) is 5.89 Å². The molecule has 1 fully saturated rings. The Kier molecular flexibility index (Phi) is 5.19. The number of hydrogen-bond acceptors (Lipinski definition) is 6. The maximum absolute atomic E-state index is 13.2. The number of oxazole rings is 1. The van der Waals surface area contributed by atoms with Crippen molar-refractivity contribution >= 4 is 5.91 Å². The third kappa shape index (κ3) is 3.76. The molecule has 0 bridgehead atoms. The minimum Gasteiger partial charge on any atom is -0.497 e. The second kappa shape index (κ2) is 8.16. The molecular formula is C25H26N4O3. The lowest BCUT2D eigenvalue weighted by molar-refractivity contribution is -0.135. The Morgan fingerprint density at radius 3 is 2.56 bits per heavy atom. The van der Waals surface area contributed by atoms with Gasteiger partial charge in [-0.15, -0.1) is 0 Å². The number of amides is 1. The van der Waals surface area contributed by atoms with Crippen LogP contribution in [0.3, 0.4) is 0 Å². The van der Waals surface area contributed by atoms with E-state index in [1.807, 2.05) is 48.6 Å². The predicted molar refractivity (Wildman–Crippen MR) is 120 cm³/mol. The Labute approximate surface area is 187 Å². The molecule has 7 heteroatoms. The number of aromatic nitrogens is 1. The van der Waals surface area contributed by atoms with Gasteiger partial charge < -0.3 is 19.1 Å². The molecule has 32 heavy (non-hydrogen) atoms. The van der Waals surface area contributed by atoms with Crippen molar-refractivity contribution in [3.63, 3.8) is 0 Å². The number of hydrogen-bond donors (Lipinski definition) is 1. The molecule has 3 heterocycles. The first-order valence-corrected chi connectivity index (χ1v) is 10.7. The maximum Gasteiger partial charge on any atom is 0.251 e. The summed E-state index contributed by atoms with van der Waals surface area (Å²) in [5, 5.41) is 1.92. The summed E-state index contributed by atoms with van der Waals surface area (Å²) >= 11 is 0. The van der Waals surface area contributed by atoms with E-state index in [0.29, 0.717) is 18.2 Å². The van der Waals surface area contributed by atoms with Crippen LogP contribution in [0.2, 0.25) is 0 Å². The third-order valence-corrected chi connectivity index (χ3v) is 6.10. The molecule has 0 saturated carbocycles. The van der Waals surface area contributed by atoms with Crippen molar-refractivity contribution in [1.29, 1.82) is 0 Å². The molecule has 2 aliphatic rings. The number of carbonyl (C=O) groups is 1. The van der Waals surface area contributed by atoms with E-state index in [1.54, 1.807) is 12.0 Å². The van der Waals surface area contributed by atoms with E-state index in [2.05, 4.69) is 41.6 Å². The molecule has 1 saturated heterocycles. The number of methoxy groups -OCH3 is 1. The normalized spacial score (nSPS) is 20.0. The summed E-state index contributed by atoms with van der Waals surface area (Å²) in [6, 6.07) is 15.9. The van der Waals surface area contributed by atoms with Gasteiger partial charge in [-0.25, -0.2) is 10.4 Å². The molecular weight excluding hydrogens is 404 g/mol. The number of benzene rings is 2. The minimum absolute atomic E-state index is 0.0583. The Bertz CT molecular complexity index is 1150. The van der Waals surface area contributed by atoms with E-state index in [0.717, 1.165) is 23.4 Å². The van der Waals surface area contributed by atoms with Crippen LogP contribution in [0.5, 0.6) is 5.75 Å². The van der Waals surface area contributed by atoms with E-state index >= 15 is 0 Å². The fraction of sp³-hybridized carbons (Fsp3) is 0.280. The van der Waals surface area contributed by atoms with Gasteiger partial charge >= 0.3 is 0 Å². The Morgan fingerprint density at radius 1 is 1.09 bits per heavy atom. The highest BCUT2D eigenvalue weighted by atomic mass is 16.5. The highest BCUT2D eigenvalue weighted by molar-refractivity contribution is 5.84. The fourth-order valence-electron chi connectivity index (χ4n) is 4.18. The molecule has 1 N–H and O–H groups in total. The molecule has 0 aliphatic carbocycles. The fourth-order valence-corrected chi connectivity index (χ4v) is 4.18. The molecule has 3 aromatic rings. The van der Waals surface area contributed by atoms with E-state index in [1.165, 1.54) is 11.1 Å². The zero-order valence-corrected chi connectivity index (χ0v) is 18.4. The summed E-state index contributed by atoms with van der Waals surface area (Å²) in [7, 11) is 1.63. The van der Waals surface area contributed by atoms with Crippen molar-refractivity contribution < 1.29 is 13.9 Å². The van der Waals surface area contributed by atoms with Gasteiger partial charge in [-0.2, -0.15) is 0 Å². The molecule has 2 atom stereocenters. The zero-order valence-electron chi connectivity index (χ0n) is 18.4. The zero-order chi connectivity index (χ0) is 22.2. The standard InChI is InChI=1S/C25H26N4O3/c1-16-4-6-18(7-5-16)21-14-23-25(30)28(12-13-29(23)27-21)15-22-17(2)32-24(26-22)19-8-10-20(31-3)11-9-19/h4-13,21,23,27H,14-15H2,1-3H3. The Hall–Kier alpha value is -3.58. The number of hydrazine groups is 1. The van der Waals surface area contributed by atoms with E-state index in [4.69, 9.17) is 9.15 Å². The summed E-state index contributed by atoms with van der Waals surface area (Å²) in [6.07, 6.45) is 4.46. The second-order valence-electron chi connectivity index (χ2n) is 8.27. The van der Waals surface area contributed by atoms with Crippen molar-refractivity contribution in [2.75, 3.05) is 7.11 Å².